The zero-order chi connectivity index (χ0) is 21.3. The lowest BCUT2D eigenvalue weighted by Gasteiger charge is -2.13. The third-order valence-corrected chi connectivity index (χ3v) is 4.91. The summed E-state index contributed by atoms with van der Waals surface area (Å²) in [7, 11) is 0. The number of halogens is 1. The number of H-pyrrole nitrogens is 1. The predicted molar refractivity (Wildman–Crippen MR) is 112 cm³/mol. The van der Waals surface area contributed by atoms with Gasteiger partial charge in [0.2, 0.25) is 0 Å². The first-order valence-electron chi connectivity index (χ1n) is 9.37. The van der Waals surface area contributed by atoms with Crippen LogP contribution < -0.4 is 5.32 Å². The van der Waals surface area contributed by atoms with Crippen LogP contribution in [-0.2, 0) is 6.54 Å². The molecule has 0 spiro atoms. The van der Waals surface area contributed by atoms with E-state index in [9.17, 15) is 9.18 Å². The van der Waals surface area contributed by atoms with E-state index in [1.807, 2.05) is 30.5 Å². The van der Waals surface area contributed by atoms with Crippen LogP contribution >= 0.6 is 12.2 Å². The third kappa shape index (κ3) is 3.57. The van der Waals surface area contributed by atoms with Crippen LogP contribution in [0.3, 0.4) is 0 Å². The molecule has 3 aromatic heterocycles. The van der Waals surface area contributed by atoms with Gasteiger partial charge in [-0.3, -0.25) is 9.89 Å². The SMILES string of the molecule is CC(C)n1c(CNC(=O)c2cnn(-c3ccccc3F)c2-n2cccc2)n[nH]c1=S. The first-order chi connectivity index (χ1) is 14.5. The molecular formula is C20H20FN7OS. The van der Waals surface area contributed by atoms with Crippen molar-refractivity contribution < 1.29 is 9.18 Å². The number of nitrogens with one attached hydrogen (secondary N) is 2. The normalized spacial score (nSPS) is 11.2. The Bertz CT molecular complexity index is 1240. The molecule has 8 nitrogen and oxygen atoms in total. The molecule has 3 heterocycles. The highest BCUT2D eigenvalue weighted by Gasteiger charge is 2.22. The Hall–Kier alpha value is -3.53. The minimum Gasteiger partial charge on any atom is -0.345 e. The highest BCUT2D eigenvalue weighted by Crippen LogP contribution is 2.22. The lowest BCUT2D eigenvalue weighted by molar-refractivity contribution is 0.0949. The van der Waals surface area contributed by atoms with E-state index in [1.165, 1.54) is 16.9 Å². The molecule has 0 radical (unpaired) electrons. The summed E-state index contributed by atoms with van der Waals surface area (Å²) in [6, 6.07) is 10.0. The predicted octanol–water partition coefficient (Wildman–Crippen LogP) is 3.57. The second-order valence-electron chi connectivity index (χ2n) is 6.93. The summed E-state index contributed by atoms with van der Waals surface area (Å²) in [4.78, 5) is 13.0. The molecule has 4 aromatic rings. The van der Waals surface area contributed by atoms with E-state index in [2.05, 4.69) is 20.6 Å². The highest BCUT2D eigenvalue weighted by atomic mass is 32.1. The van der Waals surface area contributed by atoms with Gasteiger partial charge in [-0.25, -0.2) is 9.07 Å². The fourth-order valence-corrected chi connectivity index (χ4v) is 3.64. The third-order valence-electron chi connectivity index (χ3n) is 4.62. The Labute approximate surface area is 177 Å². The van der Waals surface area contributed by atoms with Crippen LogP contribution in [0.15, 0.2) is 55.0 Å². The quantitative estimate of drug-likeness (QED) is 0.463. The van der Waals surface area contributed by atoms with Gasteiger partial charge in [-0.2, -0.15) is 10.2 Å². The monoisotopic (exact) mass is 425 g/mol. The summed E-state index contributed by atoms with van der Waals surface area (Å²) in [5.74, 6) is 0.261. The maximum Gasteiger partial charge on any atom is 0.257 e. The van der Waals surface area contributed by atoms with Crippen molar-refractivity contribution in [1.82, 2.24) is 34.4 Å². The number of aromatic nitrogens is 6. The molecule has 4 rings (SSSR count). The maximum atomic E-state index is 14.4. The number of rotatable bonds is 6. The largest absolute Gasteiger partial charge is 0.345 e. The van der Waals surface area contributed by atoms with E-state index in [1.54, 1.807) is 35.2 Å². The first kappa shape index (κ1) is 19.8. The minimum absolute atomic E-state index is 0.0994. The van der Waals surface area contributed by atoms with Gasteiger partial charge in [-0.15, -0.1) is 0 Å². The van der Waals surface area contributed by atoms with Crippen molar-refractivity contribution in [1.29, 1.82) is 0 Å². The van der Waals surface area contributed by atoms with Crippen LogP contribution in [0, 0.1) is 10.6 Å². The summed E-state index contributed by atoms with van der Waals surface area (Å²) in [6.45, 7) is 4.15. The number of aromatic amines is 1. The smallest absolute Gasteiger partial charge is 0.257 e. The molecule has 0 unspecified atom stereocenters. The topological polar surface area (TPSA) is 85.5 Å². The van der Waals surface area contributed by atoms with Crippen molar-refractivity contribution in [2.24, 2.45) is 0 Å². The van der Waals surface area contributed by atoms with E-state index < -0.39 is 5.82 Å². The standard InChI is InChI=1S/C20H20FN7OS/c1-13(2)27-17(24-25-20(27)30)12-22-18(29)14-11-23-28(16-8-4-3-7-15(16)21)19(14)26-9-5-6-10-26/h3-11,13H,12H2,1-2H3,(H,22,29)(H,25,30). The average Bonchev–Trinajstić information content (AvgIpc) is 3.45. The van der Waals surface area contributed by atoms with E-state index in [0.29, 0.717) is 22.0 Å². The van der Waals surface area contributed by atoms with Gasteiger partial charge < -0.3 is 14.5 Å². The Kier molecular flexibility index (Phi) is 5.32. The van der Waals surface area contributed by atoms with Crippen LogP contribution in [0.2, 0.25) is 0 Å². The van der Waals surface area contributed by atoms with Gasteiger partial charge in [0.15, 0.2) is 16.4 Å². The lowest BCUT2D eigenvalue weighted by Crippen LogP contribution is -2.26. The summed E-state index contributed by atoms with van der Waals surface area (Å²) in [6.07, 6.45) is 4.97. The van der Waals surface area contributed by atoms with Crippen LogP contribution in [0.25, 0.3) is 11.5 Å². The molecule has 154 valence electrons. The molecule has 0 aliphatic carbocycles. The van der Waals surface area contributed by atoms with Crippen LogP contribution in [0.1, 0.15) is 36.1 Å². The molecule has 10 heteroatoms. The molecule has 1 aromatic carbocycles. The number of nitrogens with zero attached hydrogens (tertiary/aromatic N) is 5. The van der Waals surface area contributed by atoms with Crippen LogP contribution in [0.4, 0.5) is 4.39 Å². The fourth-order valence-electron chi connectivity index (χ4n) is 3.28. The first-order valence-corrected chi connectivity index (χ1v) is 9.78. The minimum atomic E-state index is -0.437. The summed E-state index contributed by atoms with van der Waals surface area (Å²) in [5.41, 5.74) is 0.556. The average molecular weight is 425 g/mol. The van der Waals surface area contributed by atoms with Gasteiger partial charge in [0.25, 0.3) is 5.91 Å². The molecule has 0 aliphatic heterocycles. The van der Waals surface area contributed by atoms with Gasteiger partial charge in [-0.1, -0.05) is 12.1 Å². The number of amides is 1. The lowest BCUT2D eigenvalue weighted by atomic mass is 10.2. The van der Waals surface area contributed by atoms with Gasteiger partial charge in [0.1, 0.15) is 17.1 Å². The number of carbonyl (C=O) groups excluding carboxylic acids is 1. The van der Waals surface area contributed by atoms with Gasteiger partial charge in [0.05, 0.1) is 12.7 Å². The zero-order valence-electron chi connectivity index (χ0n) is 16.4. The number of para-hydroxylation sites is 1. The number of hydrogen-bond acceptors (Lipinski definition) is 4. The molecule has 0 fully saturated rings. The van der Waals surface area contributed by atoms with Crippen molar-refractivity contribution in [2.75, 3.05) is 0 Å². The van der Waals surface area contributed by atoms with Gasteiger partial charge in [0, 0.05) is 18.4 Å². The molecule has 1 amide bonds. The van der Waals surface area contributed by atoms with Crippen molar-refractivity contribution in [3.63, 3.8) is 0 Å². The molecule has 0 atom stereocenters. The summed E-state index contributed by atoms with van der Waals surface area (Å²) in [5, 5.41) is 14.1. The molecule has 0 bridgehead atoms. The number of hydrogen-bond donors (Lipinski definition) is 2. The Balaban J connectivity index is 1.69. The fraction of sp³-hybridized carbons (Fsp3) is 0.200. The van der Waals surface area contributed by atoms with E-state index >= 15 is 0 Å². The highest BCUT2D eigenvalue weighted by molar-refractivity contribution is 7.71. The molecular weight excluding hydrogens is 405 g/mol. The van der Waals surface area contributed by atoms with Crippen molar-refractivity contribution >= 4 is 18.1 Å². The zero-order valence-corrected chi connectivity index (χ0v) is 17.2. The molecule has 0 saturated carbocycles. The molecule has 0 aliphatic rings. The summed E-state index contributed by atoms with van der Waals surface area (Å²) < 4.78 is 19.9. The number of benzene rings is 1. The number of carbonyl (C=O) groups is 1. The molecule has 0 saturated heterocycles. The molecule has 30 heavy (non-hydrogen) atoms. The van der Waals surface area contributed by atoms with Crippen LogP contribution in [0.5, 0.6) is 0 Å². The van der Waals surface area contributed by atoms with Crippen molar-refractivity contribution in [2.45, 2.75) is 26.4 Å². The maximum absolute atomic E-state index is 14.4. The van der Waals surface area contributed by atoms with Gasteiger partial charge in [-0.05, 0) is 50.3 Å². The van der Waals surface area contributed by atoms with Gasteiger partial charge >= 0.3 is 0 Å². The Morgan fingerprint density at radius 1 is 1.23 bits per heavy atom. The summed E-state index contributed by atoms with van der Waals surface area (Å²) >= 11 is 5.25. The van der Waals surface area contributed by atoms with E-state index in [-0.39, 0.29) is 24.2 Å². The van der Waals surface area contributed by atoms with Crippen molar-refractivity contribution in [3.8, 4) is 11.5 Å². The van der Waals surface area contributed by atoms with E-state index in [0.717, 1.165) is 0 Å². The molecule has 2 N–H and O–H groups in total. The Morgan fingerprint density at radius 2 is 1.97 bits per heavy atom. The van der Waals surface area contributed by atoms with Crippen LogP contribution in [-0.4, -0.2) is 35.0 Å². The van der Waals surface area contributed by atoms with Crippen molar-refractivity contribution in [3.05, 3.63) is 77.0 Å². The second-order valence-corrected chi connectivity index (χ2v) is 7.31. The Morgan fingerprint density at radius 3 is 2.67 bits per heavy atom. The second kappa shape index (κ2) is 8.07. The van der Waals surface area contributed by atoms with E-state index in [4.69, 9.17) is 12.2 Å².